The third-order valence-corrected chi connectivity index (χ3v) is 5.07. The summed E-state index contributed by atoms with van der Waals surface area (Å²) < 4.78 is 6.32. The van der Waals surface area contributed by atoms with Crippen LogP contribution in [0.3, 0.4) is 0 Å². The average Bonchev–Trinajstić information content (AvgIpc) is 2.73. The van der Waals surface area contributed by atoms with Gasteiger partial charge in [0.25, 0.3) is 0 Å². The number of hydrogen-bond donors (Lipinski definition) is 0. The van der Waals surface area contributed by atoms with Gasteiger partial charge in [-0.05, 0) is 35.6 Å². The Kier molecular flexibility index (Phi) is 1.74. The van der Waals surface area contributed by atoms with Crippen molar-refractivity contribution in [2.45, 2.75) is 16.8 Å². The fourth-order valence-electron chi connectivity index (χ4n) is 2.87. The minimum absolute atomic E-state index is 0.0239. The van der Waals surface area contributed by atoms with Crippen LogP contribution in [0, 0.1) is 0 Å². The first-order valence-corrected chi connectivity index (χ1v) is 6.71. The lowest BCUT2D eigenvalue weighted by molar-refractivity contribution is 0.124. The maximum absolute atomic E-state index is 6.29. The molecule has 1 aliphatic carbocycles. The third kappa shape index (κ3) is 1.11. The zero-order valence-corrected chi connectivity index (χ0v) is 10.1. The molecule has 1 aromatic rings. The molecular formula is C15H12OS. The van der Waals surface area contributed by atoms with Crippen LogP contribution in [0.15, 0.2) is 60.1 Å². The highest BCUT2D eigenvalue weighted by Crippen LogP contribution is 2.55. The number of thioether (sulfide) groups is 1. The number of benzene rings is 1. The summed E-state index contributed by atoms with van der Waals surface area (Å²) in [7, 11) is 0. The monoisotopic (exact) mass is 240 g/mol. The molecule has 1 aromatic carbocycles. The van der Waals surface area contributed by atoms with E-state index >= 15 is 0 Å². The van der Waals surface area contributed by atoms with Crippen molar-refractivity contribution >= 4 is 11.8 Å². The largest absolute Gasteiger partial charge is 0.477 e. The molecule has 0 fully saturated rings. The van der Waals surface area contributed by atoms with Crippen LogP contribution in [0.5, 0.6) is 5.75 Å². The van der Waals surface area contributed by atoms with Gasteiger partial charge in [-0.1, -0.05) is 36.4 Å². The van der Waals surface area contributed by atoms with E-state index in [1.54, 1.807) is 0 Å². The molecule has 1 nitrogen and oxygen atoms in total. The van der Waals surface area contributed by atoms with Crippen LogP contribution in [-0.4, -0.2) is 10.3 Å². The SMILES string of the molecule is C1=CC23C=CSC2(C=C1)Cc1ccccc1O3. The molecule has 17 heavy (non-hydrogen) atoms. The molecule has 0 aromatic heterocycles. The van der Waals surface area contributed by atoms with Gasteiger partial charge in [-0.3, -0.25) is 0 Å². The molecule has 2 heterocycles. The molecule has 84 valence electrons. The summed E-state index contributed by atoms with van der Waals surface area (Å²) >= 11 is 1.87. The Morgan fingerprint density at radius 3 is 2.94 bits per heavy atom. The molecule has 2 heteroatoms. The molecule has 4 rings (SSSR count). The van der Waals surface area contributed by atoms with E-state index in [1.807, 2.05) is 17.8 Å². The summed E-state index contributed by atoms with van der Waals surface area (Å²) in [6.07, 6.45) is 11.9. The summed E-state index contributed by atoms with van der Waals surface area (Å²) in [5, 5.41) is 2.17. The molecule has 2 unspecified atom stereocenters. The standard InChI is InChI=1S/C15H12OS/c1-2-6-13-12(5-1)11-15-8-4-3-7-14(15,16-13)9-10-17-15/h1-10H,11H2. The van der Waals surface area contributed by atoms with Gasteiger partial charge in [-0.2, -0.15) is 0 Å². The number of para-hydroxylation sites is 1. The summed E-state index contributed by atoms with van der Waals surface area (Å²) in [6.45, 7) is 0. The Morgan fingerprint density at radius 2 is 1.94 bits per heavy atom. The van der Waals surface area contributed by atoms with E-state index in [9.17, 15) is 0 Å². The second kappa shape index (κ2) is 3.08. The number of fused-ring (bicyclic) bond motifs is 1. The van der Waals surface area contributed by atoms with Gasteiger partial charge in [0, 0.05) is 0 Å². The lowest BCUT2D eigenvalue weighted by Gasteiger charge is -2.46. The lowest BCUT2D eigenvalue weighted by Crippen LogP contribution is -2.54. The maximum atomic E-state index is 6.29. The van der Waals surface area contributed by atoms with Gasteiger partial charge in [-0.25, -0.2) is 0 Å². The summed E-state index contributed by atoms with van der Waals surface area (Å²) in [6, 6.07) is 8.36. The number of hydrogen-bond acceptors (Lipinski definition) is 2. The smallest absolute Gasteiger partial charge is 0.165 e. The second-order valence-electron chi connectivity index (χ2n) is 4.71. The molecule has 0 radical (unpaired) electrons. The van der Waals surface area contributed by atoms with Crippen molar-refractivity contribution in [3.63, 3.8) is 0 Å². The Hall–Kier alpha value is -1.41. The first-order chi connectivity index (χ1) is 8.34. The van der Waals surface area contributed by atoms with E-state index in [2.05, 4.69) is 54.0 Å². The number of allylic oxidation sites excluding steroid dienone is 2. The van der Waals surface area contributed by atoms with Crippen LogP contribution in [0.4, 0.5) is 0 Å². The highest BCUT2D eigenvalue weighted by atomic mass is 32.2. The fourth-order valence-corrected chi connectivity index (χ4v) is 4.14. The lowest BCUT2D eigenvalue weighted by atomic mass is 9.77. The minimum atomic E-state index is -0.277. The van der Waals surface area contributed by atoms with Crippen LogP contribution in [0.1, 0.15) is 5.56 Å². The van der Waals surface area contributed by atoms with Crippen molar-refractivity contribution in [2.24, 2.45) is 0 Å². The van der Waals surface area contributed by atoms with Crippen molar-refractivity contribution in [3.8, 4) is 5.75 Å². The quantitative estimate of drug-likeness (QED) is 0.686. The zero-order valence-electron chi connectivity index (χ0n) is 9.30. The van der Waals surface area contributed by atoms with Crippen molar-refractivity contribution in [1.82, 2.24) is 0 Å². The summed E-state index contributed by atoms with van der Waals surface area (Å²) in [5.41, 5.74) is 1.03. The van der Waals surface area contributed by atoms with E-state index in [0.717, 1.165) is 12.2 Å². The van der Waals surface area contributed by atoms with E-state index < -0.39 is 0 Å². The van der Waals surface area contributed by atoms with E-state index in [0.29, 0.717) is 0 Å². The van der Waals surface area contributed by atoms with Crippen molar-refractivity contribution < 1.29 is 4.74 Å². The molecule has 0 saturated carbocycles. The predicted molar refractivity (Wildman–Crippen MR) is 71.2 cm³/mol. The topological polar surface area (TPSA) is 9.23 Å². The van der Waals surface area contributed by atoms with Crippen molar-refractivity contribution in [2.75, 3.05) is 0 Å². The molecule has 2 atom stereocenters. The first kappa shape index (κ1) is 9.60. The Morgan fingerprint density at radius 1 is 1.06 bits per heavy atom. The van der Waals surface area contributed by atoms with E-state index in [4.69, 9.17) is 4.74 Å². The van der Waals surface area contributed by atoms with Crippen molar-refractivity contribution in [1.29, 1.82) is 0 Å². The summed E-state index contributed by atoms with van der Waals surface area (Å²) in [4.78, 5) is 0. The number of ether oxygens (including phenoxy) is 1. The molecule has 2 aliphatic heterocycles. The molecule has 0 saturated heterocycles. The fraction of sp³-hybridized carbons (Fsp3) is 0.200. The average molecular weight is 240 g/mol. The maximum Gasteiger partial charge on any atom is 0.165 e. The highest BCUT2D eigenvalue weighted by molar-refractivity contribution is 8.04. The molecule has 0 spiro atoms. The molecule has 0 N–H and O–H groups in total. The van der Waals surface area contributed by atoms with Gasteiger partial charge in [-0.15, -0.1) is 11.8 Å². The van der Waals surface area contributed by atoms with Gasteiger partial charge < -0.3 is 4.74 Å². The third-order valence-electron chi connectivity index (χ3n) is 3.78. The van der Waals surface area contributed by atoms with Crippen LogP contribution >= 0.6 is 11.8 Å². The number of rotatable bonds is 0. The Labute approximate surface area is 105 Å². The van der Waals surface area contributed by atoms with Crippen LogP contribution in [0.25, 0.3) is 0 Å². The van der Waals surface area contributed by atoms with E-state index in [1.165, 1.54) is 5.56 Å². The summed E-state index contributed by atoms with van der Waals surface area (Å²) in [5.74, 6) is 1.02. The minimum Gasteiger partial charge on any atom is -0.477 e. The predicted octanol–water partition coefficient (Wildman–Crippen LogP) is 3.49. The van der Waals surface area contributed by atoms with Crippen LogP contribution < -0.4 is 4.74 Å². The van der Waals surface area contributed by atoms with Gasteiger partial charge >= 0.3 is 0 Å². The van der Waals surface area contributed by atoms with E-state index in [-0.39, 0.29) is 10.3 Å². The molecule has 0 bridgehead atoms. The highest BCUT2D eigenvalue weighted by Gasteiger charge is 2.55. The molecule has 0 amide bonds. The van der Waals surface area contributed by atoms with Crippen molar-refractivity contribution in [3.05, 3.63) is 65.6 Å². The van der Waals surface area contributed by atoms with Gasteiger partial charge in [0.05, 0.1) is 4.75 Å². The molecule has 3 aliphatic rings. The first-order valence-electron chi connectivity index (χ1n) is 5.83. The van der Waals surface area contributed by atoms with Crippen LogP contribution in [-0.2, 0) is 6.42 Å². The Balaban J connectivity index is 1.93. The molecular weight excluding hydrogens is 228 g/mol. The van der Waals surface area contributed by atoms with Gasteiger partial charge in [0.1, 0.15) is 5.75 Å². The Bertz CT molecular complexity index is 572. The van der Waals surface area contributed by atoms with Gasteiger partial charge in [0.2, 0.25) is 0 Å². The normalized spacial score (nSPS) is 36.0. The van der Waals surface area contributed by atoms with Gasteiger partial charge in [0.15, 0.2) is 5.60 Å². The zero-order chi connectivity index (χ0) is 11.3. The van der Waals surface area contributed by atoms with Crippen LogP contribution in [0.2, 0.25) is 0 Å². The second-order valence-corrected chi connectivity index (χ2v) is 5.94.